The van der Waals surface area contributed by atoms with E-state index in [9.17, 15) is 10.1 Å². The lowest BCUT2D eigenvalue weighted by Gasteiger charge is -2.32. The van der Waals surface area contributed by atoms with E-state index in [-0.39, 0.29) is 16.1 Å². The molecule has 1 aromatic rings. The second-order valence-electron chi connectivity index (χ2n) is 6.01. The number of nitrogens with zero attached hydrogens (tertiary/aromatic N) is 4. The van der Waals surface area contributed by atoms with Gasteiger partial charge in [-0.2, -0.15) is 0 Å². The van der Waals surface area contributed by atoms with Crippen molar-refractivity contribution in [2.45, 2.75) is 31.7 Å². The number of rotatable bonds is 2. The normalized spacial score (nSPS) is 26.6. The molecular weight excluding hydrogens is 256 g/mol. The predicted molar refractivity (Wildman–Crippen MR) is 77.1 cm³/mol. The minimum atomic E-state index is -0.373. The Morgan fingerprint density at radius 1 is 1.40 bits per heavy atom. The van der Waals surface area contributed by atoms with Crippen LogP contribution >= 0.6 is 0 Å². The van der Waals surface area contributed by atoms with Crippen LogP contribution in [0.15, 0.2) is 12.3 Å². The maximum Gasteiger partial charge on any atom is 0.290 e. The van der Waals surface area contributed by atoms with Gasteiger partial charge in [0.2, 0.25) is 0 Å². The first-order chi connectivity index (χ1) is 9.52. The highest BCUT2D eigenvalue weighted by Crippen LogP contribution is 2.38. The van der Waals surface area contributed by atoms with Crippen LogP contribution in [0.2, 0.25) is 0 Å². The molecule has 6 nitrogen and oxygen atoms in total. The van der Waals surface area contributed by atoms with Crippen LogP contribution < -0.4 is 4.90 Å². The molecule has 0 bridgehead atoms. The number of anilines is 1. The minimum absolute atomic E-state index is 0.0978. The van der Waals surface area contributed by atoms with E-state index in [4.69, 9.17) is 0 Å². The van der Waals surface area contributed by atoms with Gasteiger partial charge in [0, 0.05) is 24.2 Å². The van der Waals surface area contributed by atoms with E-state index in [0.29, 0.717) is 5.56 Å². The zero-order chi connectivity index (χ0) is 14.3. The standard InChI is InChI=1S/C14H20N4O2/c1-11-8-13(15-9-12(11)18(19)20)17-7-5-14(10-17)4-3-6-16(14)2/h8-9H,3-7,10H2,1-2H3. The lowest BCUT2D eigenvalue weighted by atomic mass is 9.96. The summed E-state index contributed by atoms with van der Waals surface area (Å²) in [6.07, 6.45) is 5.04. The van der Waals surface area contributed by atoms with Crippen LogP contribution in [0.1, 0.15) is 24.8 Å². The molecule has 2 aliphatic heterocycles. The number of nitro groups is 1. The molecule has 0 aromatic carbocycles. The van der Waals surface area contributed by atoms with Gasteiger partial charge in [-0.05, 0) is 45.8 Å². The minimum Gasteiger partial charge on any atom is -0.355 e. The topological polar surface area (TPSA) is 62.5 Å². The Morgan fingerprint density at radius 3 is 2.80 bits per heavy atom. The average Bonchev–Trinajstić information content (AvgIpc) is 2.98. The highest BCUT2D eigenvalue weighted by Gasteiger charge is 2.44. The van der Waals surface area contributed by atoms with E-state index in [0.717, 1.165) is 25.3 Å². The fourth-order valence-corrected chi connectivity index (χ4v) is 3.54. The van der Waals surface area contributed by atoms with E-state index in [1.807, 2.05) is 6.07 Å². The Hall–Kier alpha value is -1.69. The summed E-state index contributed by atoms with van der Waals surface area (Å²) in [5, 5.41) is 10.8. The highest BCUT2D eigenvalue weighted by atomic mass is 16.6. The number of likely N-dealkylation sites (N-methyl/N-ethyl adjacent to an activating group) is 1. The Bertz CT molecular complexity index is 548. The zero-order valence-corrected chi connectivity index (χ0v) is 12.0. The molecular formula is C14H20N4O2. The maximum atomic E-state index is 10.8. The molecule has 108 valence electrons. The highest BCUT2D eigenvalue weighted by molar-refractivity contribution is 5.50. The Morgan fingerprint density at radius 2 is 2.20 bits per heavy atom. The van der Waals surface area contributed by atoms with Gasteiger partial charge < -0.3 is 4.90 Å². The van der Waals surface area contributed by atoms with E-state index >= 15 is 0 Å². The van der Waals surface area contributed by atoms with Crippen LogP contribution in [-0.2, 0) is 0 Å². The summed E-state index contributed by atoms with van der Waals surface area (Å²) in [6.45, 7) is 4.90. The quantitative estimate of drug-likeness (QED) is 0.610. The Labute approximate surface area is 118 Å². The fourth-order valence-electron chi connectivity index (χ4n) is 3.54. The third-order valence-electron chi connectivity index (χ3n) is 4.87. The lowest BCUT2D eigenvalue weighted by molar-refractivity contribution is -0.385. The number of hydrogen-bond acceptors (Lipinski definition) is 5. The molecule has 1 unspecified atom stereocenters. The van der Waals surface area contributed by atoms with Crippen molar-refractivity contribution in [3.8, 4) is 0 Å². The lowest BCUT2D eigenvalue weighted by Crippen LogP contribution is -2.43. The van der Waals surface area contributed by atoms with Crippen molar-refractivity contribution in [1.82, 2.24) is 9.88 Å². The smallest absolute Gasteiger partial charge is 0.290 e. The van der Waals surface area contributed by atoms with Gasteiger partial charge in [-0.25, -0.2) is 4.98 Å². The van der Waals surface area contributed by atoms with Gasteiger partial charge in [0.25, 0.3) is 5.69 Å². The zero-order valence-electron chi connectivity index (χ0n) is 12.0. The molecule has 20 heavy (non-hydrogen) atoms. The van der Waals surface area contributed by atoms with Gasteiger partial charge in [0.1, 0.15) is 12.0 Å². The third-order valence-corrected chi connectivity index (χ3v) is 4.87. The molecule has 0 N–H and O–H groups in total. The number of aromatic nitrogens is 1. The number of pyridine rings is 1. The van der Waals surface area contributed by atoms with E-state index in [1.54, 1.807) is 6.92 Å². The summed E-state index contributed by atoms with van der Waals surface area (Å²) in [6, 6.07) is 1.84. The summed E-state index contributed by atoms with van der Waals surface area (Å²) in [5.74, 6) is 0.866. The van der Waals surface area contributed by atoms with Gasteiger partial charge in [0.05, 0.1) is 4.92 Å². The number of hydrogen-bond donors (Lipinski definition) is 0. The first-order valence-electron chi connectivity index (χ1n) is 7.09. The molecule has 1 aromatic heterocycles. The van der Waals surface area contributed by atoms with Crippen molar-refractivity contribution in [2.24, 2.45) is 0 Å². The molecule has 3 rings (SSSR count). The average molecular weight is 276 g/mol. The largest absolute Gasteiger partial charge is 0.355 e. The molecule has 0 aliphatic carbocycles. The first kappa shape index (κ1) is 13.3. The van der Waals surface area contributed by atoms with Crippen molar-refractivity contribution >= 4 is 11.5 Å². The summed E-state index contributed by atoms with van der Waals surface area (Å²) in [7, 11) is 2.20. The van der Waals surface area contributed by atoms with Crippen LogP contribution in [0.25, 0.3) is 0 Å². The number of likely N-dealkylation sites (tertiary alicyclic amines) is 1. The summed E-state index contributed by atoms with van der Waals surface area (Å²) >= 11 is 0. The second-order valence-corrected chi connectivity index (χ2v) is 6.01. The Kier molecular flexibility index (Phi) is 3.12. The number of aryl methyl sites for hydroxylation is 1. The van der Waals surface area contributed by atoms with Crippen molar-refractivity contribution in [3.05, 3.63) is 27.9 Å². The van der Waals surface area contributed by atoms with Crippen LogP contribution in [0.5, 0.6) is 0 Å². The molecule has 0 radical (unpaired) electrons. The molecule has 2 aliphatic rings. The molecule has 6 heteroatoms. The second kappa shape index (κ2) is 4.70. The van der Waals surface area contributed by atoms with Crippen LogP contribution in [0.4, 0.5) is 11.5 Å². The van der Waals surface area contributed by atoms with Gasteiger partial charge in [0.15, 0.2) is 0 Å². The molecule has 1 spiro atoms. The predicted octanol–water partition coefficient (Wildman–Crippen LogP) is 1.97. The molecule has 3 heterocycles. The van der Waals surface area contributed by atoms with Gasteiger partial charge in [-0.3, -0.25) is 15.0 Å². The Balaban J connectivity index is 1.81. The summed E-state index contributed by atoms with van der Waals surface area (Å²) < 4.78 is 0. The fraction of sp³-hybridized carbons (Fsp3) is 0.643. The monoisotopic (exact) mass is 276 g/mol. The first-order valence-corrected chi connectivity index (χ1v) is 7.09. The van der Waals surface area contributed by atoms with E-state index in [2.05, 4.69) is 21.8 Å². The van der Waals surface area contributed by atoms with Crippen LogP contribution in [-0.4, -0.2) is 47.0 Å². The molecule has 0 amide bonds. The van der Waals surface area contributed by atoms with Gasteiger partial charge in [-0.15, -0.1) is 0 Å². The summed E-state index contributed by atoms with van der Waals surface area (Å²) in [5.41, 5.74) is 1.07. The van der Waals surface area contributed by atoms with Crippen molar-refractivity contribution in [1.29, 1.82) is 0 Å². The van der Waals surface area contributed by atoms with Crippen molar-refractivity contribution < 1.29 is 4.92 Å². The van der Waals surface area contributed by atoms with Gasteiger partial charge in [-0.1, -0.05) is 0 Å². The molecule has 0 saturated carbocycles. The van der Waals surface area contributed by atoms with Crippen molar-refractivity contribution in [2.75, 3.05) is 31.6 Å². The van der Waals surface area contributed by atoms with Crippen LogP contribution in [0.3, 0.4) is 0 Å². The van der Waals surface area contributed by atoms with Crippen molar-refractivity contribution in [3.63, 3.8) is 0 Å². The maximum absolute atomic E-state index is 10.8. The summed E-state index contributed by atoms with van der Waals surface area (Å²) in [4.78, 5) is 19.5. The molecule has 1 atom stereocenters. The van der Waals surface area contributed by atoms with E-state index in [1.165, 1.54) is 25.6 Å². The molecule has 2 fully saturated rings. The van der Waals surface area contributed by atoms with E-state index < -0.39 is 0 Å². The van der Waals surface area contributed by atoms with Gasteiger partial charge >= 0.3 is 0 Å². The molecule has 2 saturated heterocycles. The third kappa shape index (κ3) is 2.04. The SMILES string of the molecule is Cc1cc(N2CCC3(CCCN3C)C2)ncc1[N+](=O)[O-]. The van der Waals surface area contributed by atoms with Crippen LogP contribution in [0, 0.1) is 17.0 Å².